The Morgan fingerprint density at radius 3 is 2.42 bits per heavy atom. The second-order valence-corrected chi connectivity index (χ2v) is 7.09. The van der Waals surface area contributed by atoms with E-state index in [0.717, 1.165) is 11.3 Å². The number of hydrogen-bond acceptors (Lipinski definition) is 6. The minimum Gasteiger partial charge on any atom is -0.348 e. The summed E-state index contributed by atoms with van der Waals surface area (Å²) >= 11 is 0. The summed E-state index contributed by atoms with van der Waals surface area (Å²) in [5, 5.41) is 13.5. The van der Waals surface area contributed by atoms with Gasteiger partial charge in [0, 0.05) is 17.2 Å². The van der Waals surface area contributed by atoms with Crippen molar-refractivity contribution in [3.8, 4) is 0 Å². The highest BCUT2D eigenvalue weighted by atomic mass is 19.1. The lowest BCUT2D eigenvalue weighted by molar-refractivity contribution is 0.567. The highest BCUT2D eigenvalue weighted by Crippen LogP contribution is 2.23. The molecule has 0 spiro atoms. The third kappa shape index (κ3) is 4.33. The molecular formula is C18H22FN7. The van der Waals surface area contributed by atoms with Crippen LogP contribution in [0.2, 0.25) is 0 Å². The van der Waals surface area contributed by atoms with Gasteiger partial charge < -0.3 is 10.6 Å². The van der Waals surface area contributed by atoms with Gasteiger partial charge in [-0.15, -0.1) is 0 Å². The SMILES string of the molecule is CC(Nc1ncnc(Nc2cc(C(C)(C)C)[nH]n2)n1)c1ccc(F)cc1. The fraction of sp³-hybridized carbons (Fsp3) is 0.333. The minimum absolute atomic E-state index is 0.0245. The summed E-state index contributed by atoms with van der Waals surface area (Å²) in [7, 11) is 0. The molecule has 7 nitrogen and oxygen atoms in total. The van der Waals surface area contributed by atoms with E-state index in [9.17, 15) is 4.39 Å². The van der Waals surface area contributed by atoms with E-state index in [0.29, 0.717) is 17.7 Å². The minimum atomic E-state index is -0.263. The van der Waals surface area contributed by atoms with Gasteiger partial charge in [0.1, 0.15) is 12.1 Å². The molecule has 136 valence electrons. The number of aromatic amines is 1. The molecule has 1 unspecified atom stereocenters. The van der Waals surface area contributed by atoms with E-state index in [-0.39, 0.29) is 17.3 Å². The normalized spacial score (nSPS) is 12.7. The molecule has 8 heteroatoms. The van der Waals surface area contributed by atoms with E-state index in [1.165, 1.54) is 18.5 Å². The molecule has 0 aliphatic rings. The molecule has 3 N–H and O–H groups in total. The maximum absolute atomic E-state index is 13.0. The Labute approximate surface area is 151 Å². The van der Waals surface area contributed by atoms with Gasteiger partial charge in [-0.1, -0.05) is 32.9 Å². The van der Waals surface area contributed by atoms with Crippen molar-refractivity contribution in [1.29, 1.82) is 0 Å². The van der Waals surface area contributed by atoms with Crippen LogP contribution in [-0.4, -0.2) is 25.1 Å². The Kier molecular flexibility index (Phi) is 4.83. The second kappa shape index (κ2) is 7.07. The van der Waals surface area contributed by atoms with Crippen LogP contribution in [0.3, 0.4) is 0 Å². The molecule has 26 heavy (non-hydrogen) atoms. The van der Waals surface area contributed by atoms with Gasteiger partial charge in [0.2, 0.25) is 11.9 Å². The Morgan fingerprint density at radius 1 is 1.08 bits per heavy atom. The van der Waals surface area contributed by atoms with E-state index in [2.05, 4.69) is 56.6 Å². The van der Waals surface area contributed by atoms with Crippen molar-refractivity contribution in [3.63, 3.8) is 0 Å². The number of halogens is 1. The van der Waals surface area contributed by atoms with Crippen molar-refractivity contribution < 1.29 is 4.39 Å². The maximum atomic E-state index is 13.0. The third-order valence-corrected chi connectivity index (χ3v) is 3.91. The van der Waals surface area contributed by atoms with Gasteiger partial charge in [0.25, 0.3) is 0 Å². The van der Waals surface area contributed by atoms with Crippen molar-refractivity contribution in [2.24, 2.45) is 0 Å². The molecule has 0 bridgehead atoms. The summed E-state index contributed by atoms with van der Waals surface area (Å²) in [6.07, 6.45) is 1.42. The van der Waals surface area contributed by atoms with Crippen LogP contribution in [0.25, 0.3) is 0 Å². The third-order valence-electron chi connectivity index (χ3n) is 3.91. The molecule has 1 atom stereocenters. The first kappa shape index (κ1) is 17.8. The molecule has 0 aliphatic heterocycles. The van der Waals surface area contributed by atoms with Gasteiger partial charge in [-0.2, -0.15) is 10.1 Å². The van der Waals surface area contributed by atoms with Gasteiger partial charge in [-0.05, 0) is 24.6 Å². The number of aromatic nitrogens is 5. The summed E-state index contributed by atoms with van der Waals surface area (Å²) < 4.78 is 13.0. The first-order valence-electron chi connectivity index (χ1n) is 8.35. The monoisotopic (exact) mass is 355 g/mol. The van der Waals surface area contributed by atoms with E-state index in [1.54, 1.807) is 12.1 Å². The predicted octanol–water partition coefficient (Wildman–Crippen LogP) is 3.95. The molecule has 0 saturated heterocycles. The Balaban J connectivity index is 1.70. The van der Waals surface area contributed by atoms with Crippen molar-refractivity contribution in [1.82, 2.24) is 25.1 Å². The van der Waals surface area contributed by atoms with Crippen LogP contribution in [0.15, 0.2) is 36.7 Å². The predicted molar refractivity (Wildman–Crippen MR) is 98.8 cm³/mol. The summed E-state index contributed by atoms with van der Waals surface area (Å²) in [6.45, 7) is 8.26. The quantitative estimate of drug-likeness (QED) is 0.642. The number of benzene rings is 1. The number of anilines is 3. The van der Waals surface area contributed by atoms with E-state index in [1.807, 2.05) is 13.0 Å². The first-order chi connectivity index (χ1) is 12.3. The molecule has 0 fully saturated rings. The van der Waals surface area contributed by atoms with Gasteiger partial charge in [0.05, 0.1) is 6.04 Å². The molecule has 3 rings (SSSR count). The number of H-pyrrole nitrogens is 1. The summed E-state index contributed by atoms with van der Waals surface area (Å²) in [4.78, 5) is 12.6. The number of rotatable bonds is 5. The smallest absolute Gasteiger partial charge is 0.233 e. The highest BCUT2D eigenvalue weighted by Gasteiger charge is 2.17. The van der Waals surface area contributed by atoms with Gasteiger partial charge in [-0.25, -0.2) is 14.4 Å². The topological polar surface area (TPSA) is 91.4 Å². The van der Waals surface area contributed by atoms with Gasteiger partial charge >= 0.3 is 0 Å². The fourth-order valence-electron chi connectivity index (χ4n) is 2.34. The molecule has 0 saturated carbocycles. The molecule has 0 radical (unpaired) electrons. The molecule has 3 aromatic rings. The average Bonchev–Trinajstić information content (AvgIpc) is 3.04. The zero-order valence-corrected chi connectivity index (χ0v) is 15.2. The molecule has 2 heterocycles. The van der Waals surface area contributed by atoms with Crippen LogP contribution in [0.4, 0.5) is 22.1 Å². The van der Waals surface area contributed by atoms with Crippen molar-refractivity contribution in [3.05, 3.63) is 53.7 Å². The van der Waals surface area contributed by atoms with Crippen LogP contribution in [-0.2, 0) is 5.41 Å². The van der Waals surface area contributed by atoms with E-state index < -0.39 is 0 Å². The lowest BCUT2D eigenvalue weighted by Gasteiger charge is -2.14. The van der Waals surface area contributed by atoms with Crippen LogP contribution >= 0.6 is 0 Å². The van der Waals surface area contributed by atoms with E-state index in [4.69, 9.17) is 0 Å². The van der Waals surface area contributed by atoms with Crippen LogP contribution < -0.4 is 10.6 Å². The van der Waals surface area contributed by atoms with Crippen molar-refractivity contribution >= 4 is 17.7 Å². The molecule has 0 aliphatic carbocycles. The second-order valence-electron chi connectivity index (χ2n) is 7.09. The van der Waals surface area contributed by atoms with Crippen LogP contribution in [0.1, 0.15) is 45.0 Å². The summed E-state index contributed by atoms with van der Waals surface area (Å²) in [5.74, 6) is 1.19. The molecule has 2 aromatic heterocycles. The zero-order chi connectivity index (χ0) is 18.7. The van der Waals surface area contributed by atoms with Gasteiger partial charge in [-0.3, -0.25) is 5.10 Å². The summed E-state index contributed by atoms with van der Waals surface area (Å²) in [5.41, 5.74) is 1.92. The van der Waals surface area contributed by atoms with Crippen LogP contribution in [0, 0.1) is 5.82 Å². The Hall–Kier alpha value is -3.03. The first-order valence-corrected chi connectivity index (χ1v) is 8.35. The largest absolute Gasteiger partial charge is 0.348 e. The summed E-state index contributed by atoms with van der Waals surface area (Å²) in [6, 6.07) is 8.16. The maximum Gasteiger partial charge on any atom is 0.233 e. The van der Waals surface area contributed by atoms with Crippen molar-refractivity contribution in [2.75, 3.05) is 10.6 Å². The van der Waals surface area contributed by atoms with Crippen LogP contribution in [0.5, 0.6) is 0 Å². The lowest BCUT2D eigenvalue weighted by Crippen LogP contribution is -2.11. The average molecular weight is 355 g/mol. The van der Waals surface area contributed by atoms with Gasteiger partial charge in [0.15, 0.2) is 5.82 Å². The highest BCUT2D eigenvalue weighted by molar-refractivity contribution is 5.49. The number of nitrogens with zero attached hydrogens (tertiary/aromatic N) is 4. The Morgan fingerprint density at radius 2 is 1.77 bits per heavy atom. The van der Waals surface area contributed by atoms with E-state index >= 15 is 0 Å². The number of nitrogens with one attached hydrogen (secondary N) is 3. The lowest BCUT2D eigenvalue weighted by atomic mass is 9.92. The molecule has 1 aromatic carbocycles. The standard InChI is InChI=1S/C18H22FN7/c1-11(12-5-7-13(19)8-6-12)22-16-20-10-21-17(24-16)23-15-9-14(25-26-15)18(2,3)4/h5-11H,1-4H3,(H3,20,21,22,23,24,25,26). The Bertz CT molecular complexity index is 868. The number of hydrogen-bond donors (Lipinski definition) is 3. The van der Waals surface area contributed by atoms with Crippen molar-refractivity contribution in [2.45, 2.75) is 39.2 Å². The molecular weight excluding hydrogens is 333 g/mol. The fourth-order valence-corrected chi connectivity index (χ4v) is 2.34. The zero-order valence-electron chi connectivity index (χ0n) is 15.2. The molecule has 0 amide bonds.